The maximum atomic E-state index is 13.9. The SMILES string of the molecule is Fc1cc(F)c([N+]2=Cc3cccc4ccn(c34)C2)c(F)c1. The van der Waals surface area contributed by atoms with Crippen LogP contribution in [0.3, 0.4) is 0 Å². The van der Waals surface area contributed by atoms with Crippen molar-refractivity contribution < 1.29 is 17.7 Å². The summed E-state index contributed by atoms with van der Waals surface area (Å²) in [7, 11) is 0. The average Bonchev–Trinajstić information content (AvgIpc) is 2.83. The maximum absolute atomic E-state index is 13.9. The van der Waals surface area contributed by atoms with Crippen LogP contribution in [0.4, 0.5) is 18.9 Å². The molecule has 0 unspecified atom stereocenters. The predicted octanol–water partition coefficient (Wildman–Crippen LogP) is 3.79. The monoisotopic (exact) mass is 287 g/mol. The molecule has 0 saturated heterocycles. The Hall–Kier alpha value is -2.56. The minimum atomic E-state index is -0.922. The number of para-hydroxylation sites is 1. The number of hydrogen-bond donors (Lipinski definition) is 0. The van der Waals surface area contributed by atoms with Gasteiger partial charge in [-0.25, -0.2) is 4.39 Å². The van der Waals surface area contributed by atoms with Crippen LogP contribution in [0.1, 0.15) is 5.56 Å². The number of nitrogens with zero attached hydrogens (tertiary/aromatic N) is 2. The number of benzene rings is 2. The highest BCUT2D eigenvalue weighted by molar-refractivity contribution is 5.97. The molecule has 0 N–H and O–H groups in total. The van der Waals surface area contributed by atoms with Crippen molar-refractivity contribution in [2.45, 2.75) is 6.67 Å². The second kappa shape index (κ2) is 4.22. The van der Waals surface area contributed by atoms with Gasteiger partial charge in [-0.3, -0.25) is 4.57 Å². The summed E-state index contributed by atoms with van der Waals surface area (Å²) in [5.74, 6) is -2.74. The molecule has 0 fully saturated rings. The molecular weight excluding hydrogens is 277 g/mol. The fraction of sp³-hybridized carbons (Fsp3) is 0.0625. The van der Waals surface area contributed by atoms with Crippen molar-refractivity contribution >= 4 is 22.8 Å². The molecule has 3 aromatic rings. The van der Waals surface area contributed by atoms with Gasteiger partial charge in [0.15, 0.2) is 6.21 Å². The molecule has 1 aliphatic rings. The zero-order chi connectivity index (χ0) is 14.6. The van der Waals surface area contributed by atoms with Crippen molar-refractivity contribution in [3.05, 3.63) is 65.6 Å². The van der Waals surface area contributed by atoms with Gasteiger partial charge in [0.05, 0.1) is 11.1 Å². The summed E-state index contributed by atoms with van der Waals surface area (Å²) in [6.45, 7) is 0.278. The van der Waals surface area contributed by atoms with E-state index in [0.29, 0.717) is 12.1 Å². The van der Waals surface area contributed by atoms with Gasteiger partial charge in [-0.2, -0.15) is 13.4 Å². The van der Waals surface area contributed by atoms with E-state index in [9.17, 15) is 13.2 Å². The lowest BCUT2D eigenvalue weighted by Gasteiger charge is -2.13. The molecule has 0 bridgehead atoms. The van der Waals surface area contributed by atoms with Crippen molar-refractivity contribution in [2.24, 2.45) is 0 Å². The van der Waals surface area contributed by atoms with Crippen molar-refractivity contribution in [3.63, 3.8) is 0 Å². The first-order valence-electron chi connectivity index (χ1n) is 6.47. The summed E-state index contributed by atoms with van der Waals surface area (Å²) >= 11 is 0. The zero-order valence-corrected chi connectivity index (χ0v) is 10.9. The molecule has 21 heavy (non-hydrogen) atoms. The third kappa shape index (κ3) is 1.77. The summed E-state index contributed by atoms with van der Waals surface area (Å²) < 4.78 is 44.3. The van der Waals surface area contributed by atoms with Crippen molar-refractivity contribution in [1.82, 2.24) is 4.57 Å². The van der Waals surface area contributed by atoms with E-state index in [-0.39, 0.29) is 12.4 Å². The summed E-state index contributed by atoms with van der Waals surface area (Å²) in [5.41, 5.74) is 1.65. The van der Waals surface area contributed by atoms with Gasteiger partial charge in [0.25, 0.3) is 5.69 Å². The lowest BCUT2D eigenvalue weighted by atomic mass is 10.1. The normalized spacial score (nSPS) is 13.6. The van der Waals surface area contributed by atoms with Gasteiger partial charge in [-0.15, -0.1) is 0 Å². The lowest BCUT2D eigenvalue weighted by Crippen LogP contribution is -2.20. The lowest BCUT2D eigenvalue weighted by molar-refractivity contribution is -0.476. The van der Waals surface area contributed by atoms with E-state index in [1.165, 1.54) is 4.58 Å². The third-order valence-corrected chi connectivity index (χ3v) is 3.69. The fourth-order valence-corrected chi connectivity index (χ4v) is 2.83. The van der Waals surface area contributed by atoms with E-state index < -0.39 is 17.5 Å². The van der Waals surface area contributed by atoms with Crippen LogP contribution in [0.15, 0.2) is 42.6 Å². The Kier molecular flexibility index (Phi) is 2.45. The summed E-state index contributed by atoms with van der Waals surface area (Å²) in [5, 5.41) is 1.07. The van der Waals surface area contributed by atoms with E-state index in [0.717, 1.165) is 16.5 Å². The van der Waals surface area contributed by atoms with Crippen LogP contribution in [-0.4, -0.2) is 15.4 Å². The Morgan fingerprint density at radius 3 is 2.52 bits per heavy atom. The van der Waals surface area contributed by atoms with Crippen LogP contribution in [0.25, 0.3) is 10.9 Å². The minimum absolute atomic E-state index is 0.243. The molecule has 2 aromatic carbocycles. The Morgan fingerprint density at radius 1 is 1.00 bits per heavy atom. The number of rotatable bonds is 1. The highest BCUT2D eigenvalue weighted by Crippen LogP contribution is 2.28. The molecule has 0 spiro atoms. The van der Waals surface area contributed by atoms with Crippen molar-refractivity contribution in [2.75, 3.05) is 0 Å². The second-order valence-electron chi connectivity index (χ2n) is 5.03. The minimum Gasteiger partial charge on any atom is -0.291 e. The average molecular weight is 287 g/mol. The van der Waals surface area contributed by atoms with Gasteiger partial charge in [-0.1, -0.05) is 12.1 Å². The first-order chi connectivity index (χ1) is 10.1. The molecule has 0 amide bonds. The summed E-state index contributed by atoms with van der Waals surface area (Å²) in [4.78, 5) is 0. The molecule has 2 heterocycles. The number of halogens is 3. The smallest absolute Gasteiger partial charge is 0.279 e. The molecule has 104 valence electrons. The van der Waals surface area contributed by atoms with Crippen LogP contribution in [-0.2, 0) is 6.67 Å². The fourth-order valence-electron chi connectivity index (χ4n) is 2.83. The molecule has 5 heteroatoms. The quantitative estimate of drug-likeness (QED) is 0.602. The second-order valence-corrected chi connectivity index (χ2v) is 5.03. The molecule has 2 nitrogen and oxygen atoms in total. The predicted molar refractivity (Wildman–Crippen MR) is 73.3 cm³/mol. The molecule has 0 saturated carbocycles. The van der Waals surface area contributed by atoms with E-state index in [1.54, 1.807) is 6.21 Å². The van der Waals surface area contributed by atoms with Gasteiger partial charge in [0.2, 0.25) is 18.3 Å². The Balaban J connectivity index is 1.95. The van der Waals surface area contributed by atoms with Gasteiger partial charge < -0.3 is 0 Å². The van der Waals surface area contributed by atoms with Gasteiger partial charge in [-0.05, 0) is 12.1 Å². The Morgan fingerprint density at radius 2 is 1.76 bits per heavy atom. The molecule has 4 rings (SSSR count). The number of hydrogen-bond acceptors (Lipinski definition) is 0. The first kappa shape index (κ1) is 12.2. The molecule has 0 aliphatic carbocycles. The Bertz CT molecular complexity index is 886. The molecular formula is C16H10F3N2+. The van der Waals surface area contributed by atoms with Crippen molar-refractivity contribution in [3.8, 4) is 0 Å². The standard InChI is InChI=1S/C16H10F3N2/c17-12-6-13(18)16(14(19)7-12)21-8-11-3-1-2-10-4-5-20(9-21)15(10)11/h1-8H,9H2/q+1. The Labute approximate surface area is 118 Å². The molecule has 0 radical (unpaired) electrons. The van der Waals surface area contributed by atoms with E-state index in [4.69, 9.17) is 0 Å². The maximum Gasteiger partial charge on any atom is 0.279 e. The number of aromatic nitrogens is 1. The first-order valence-corrected chi connectivity index (χ1v) is 6.47. The van der Waals surface area contributed by atoms with Gasteiger partial charge >= 0.3 is 0 Å². The largest absolute Gasteiger partial charge is 0.291 e. The van der Waals surface area contributed by atoms with Crippen LogP contribution in [0, 0.1) is 17.5 Å². The summed E-state index contributed by atoms with van der Waals surface area (Å²) in [6, 6.07) is 9.09. The highest BCUT2D eigenvalue weighted by Gasteiger charge is 2.26. The van der Waals surface area contributed by atoms with E-state index in [1.807, 2.05) is 35.0 Å². The van der Waals surface area contributed by atoms with Crippen LogP contribution >= 0.6 is 0 Å². The van der Waals surface area contributed by atoms with Crippen LogP contribution in [0.2, 0.25) is 0 Å². The van der Waals surface area contributed by atoms with E-state index >= 15 is 0 Å². The molecule has 1 aliphatic heterocycles. The van der Waals surface area contributed by atoms with Crippen LogP contribution in [0.5, 0.6) is 0 Å². The molecule has 0 atom stereocenters. The highest BCUT2D eigenvalue weighted by atomic mass is 19.1. The van der Waals surface area contributed by atoms with Gasteiger partial charge in [0.1, 0.15) is 5.82 Å². The van der Waals surface area contributed by atoms with E-state index in [2.05, 4.69) is 0 Å². The third-order valence-electron chi connectivity index (χ3n) is 3.69. The van der Waals surface area contributed by atoms with Crippen LogP contribution < -0.4 is 0 Å². The summed E-state index contributed by atoms with van der Waals surface area (Å²) in [6.07, 6.45) is 3.55. The van der Waals surface area contributed by atoms with Crippen molar-refractivity contribution in [1.29, 1.82) is 0 Å². The zero-order valence-electron chi connectivity index (χ0n) is 10.9. The molecule has 1 aromatic heterocycles. The van der Waals surface area contributed by atoms with Gasteiger partial charge in [0, 0.05) is 23.7 Å². The topological polar surface area (TPSA) is 7.94 Å².